The average molecular weight is 164 g/mol. The largest absolute Gasteiger partial charge is 0.369 e. The van der Waals surface area contributed by atoms with Gasteiger partial charge in [0.25, 0.3) is 0 Å². The summed E-state index contributed by atoms with van der Waals surface area (Å²) in [4.78, 5) is 14.6. The van der Waals surface area contributed by atoms with Crippen LogP contribution in [-0.4, -0.2) is 10.9 Å². The number of hydrogen-bond acceptors (Lipinski definition) is 2. The molecule has 1 atom stereocenters. The maximum Gasteiger partial charge on any atom is 0.220 e. The molecule has 0 fully saturated rings. The lowest BCUT2D eigenvalue weighted by Gasteiger charge is -2.05. The molecule has 0 aliphatic rings. The third kappa shape index (κ3) is 2.34. The van der Waals surface area contributed by atoms with E-state index < -0.39 is 0 Å². The second-order valence-electron chi connectivity index (χ2n) is 2.86. The highest BCUT2D eigenvalue weighted by atomic mass is 16.1. The number of rotatable bonds is 3. The molecule has 12 heavy (non-hydrogen) atoms. The van der Waals surface area contributed by atoms with Crippen molar-refractivity contribution in [1.82, 2.24) is 4.98 Å². The third-order valence-electron chi connectivity index (χ3n) is 1.78. The van der Waals surface area contributed by atoms with Gasteiger partial charge in [0.2, 0.25) is 5.91 Å². The highest BCUT2D eigenvalue weighted by molar-refractivity contribution is 5.76. The van der Waals surface area contributed by atoms with Crippen molar-refractivity contribution < 1.29 is 4.79 Å². The Morgan fingerprint density at radius 3 is 2.67 bits per heavy atom. The molecule has 1 unspecified atom stereocenters. The van der Waals surface area contributed by atoms with Gasteiger partial charge in [-0.1, -0.05) is 6.92 Å². The minimum Gasteiger partial charge on any atom is -0.369 e. The molecule has 1 aromatic heterocycles. The van der Waals surface area contributed by atoms with E-state index in [0.29, 0.717) is 6.42 Å². The average Bonchev–Trinajstić information content (AvgIpc) is 2.06. The van der Waals surface area contributed by atoms with E-state index in [0.717, 1.165) is 5.56 Å². The van der Waals surface area contributed by atoms with Gasteiger partial charge in [0.05, 0.1) is 0 Å². The van der Waals surface area contributed by atoms with E-state index in [1.54, 1.807) is 12.4 Å². The molecular formula is C9H12N2O. The second kappa shape index (κ2) is 3.85. The Labute approximate surface area is 71.6 Å². The molecule has 0 aromatic carbocycles. The van der Waals surface area contributed by atoms with Gasteiger partial charge < -0.3 is 5.73 Å². The number of hydrogen-bond donors (Lipinski definition) is 1. The Hall–Kier alpha value is -1.38. The van der Waals surface area contributed by atoms with Gasteiger partial charge in [-0.05, 0) is 24.1 Å². The topological polar surface area (TPSA) is 56.0 Å². The molecular weight excluding hydrogens is 152 g/mol. The van der Waals surface area contributed by atoms with Gasteiger partial charge in [0, 0.05) is 18.3 Å². The predicted octanol–water partition coefficient (Wildman–Crippen LogP) is 0.745. The maximum absolute atomic E-state index is 10.7. The summed E-state index contributed by atoms with van der Waals surface area (Å²) in [5.41, 5.74) is 6.22. The van der Waals surface area contributed by atoms with Crippen LogP contribution in [0.25, 0.3) is 0 Å². The number of carbonyl (C=O) groups excluding carboxylic acids is 1. The summed E-state index contributed by atoms with van der Waals surface area (Å²) in [7, 11) is 0. The number of pyridine rings is 1. The van der Waals surface area contributed by atoms with Crippen molar-refractivity contribution in [2.75, 3.05) is 0 Å². The van der Waals surface area contributed by atoms with Crippen LogP contribution in [0.4, 0.5) is 0 Å². The summed E-state index contributed by atoms with van der Waals surface area (Å²) in [5.74, 6) is -0.362. The van der Waals surface area contributed by atoms with Gasteiger partial charge in [-0.15, -0.1) is 0 Å². The number of nitrogens with zero attached hydrogens (tertiary/aromatic N) is 1. The quantitative estimate of drug-likeness (QED) is 0.716. The standard InChI is InChI=1S/C9H12N2O/c1-7(9(10)12)6-8-2-4-11-5-3-8/h2-5,7H,6H2,1H3,(H2,10,12). The second-order valence-corrected chi connectivity index (χ2v) is 2.86. The van der Waals surface area contributed by atoms with Gasteiger partial charge >= 0.3 is 0 Å². The van der Waals surface area contributed by atoms with Crippen molar-refractivity contribution in [2.24, 2.45) is 11.7 Å². The van der Waals surface area contributed by atoms with E-state index in [1.165, 1.54) is 0 Å². The van der Waals surface area contributed by atoms with E-state index in [9.17, 15) is 4.79 Å². The van der Waals surface area contributed by atoms with Crippen LogP contribution in [0.2, 0.25) is 0 Å². The van der Waals surface area contributed by atoms with E-state index >= 15 is 0 Å². The van der Waals surface area contributed by atoms with Crippen molar-refractivity contribution in [3.63, 3.8) is 0 Å². The maximum atomic E-state index is 10.7. The summed E-state index contributed by atoms with van der Waals surface area (Å²) < 4.78 is 0. The number of primary amides is 1. The number of amides is 1. The number of nitrogens with two attached hydrogens (primary N) is 1. The molecule has 0 aliphatic heterocycles. The molecule has 64 valence electrons. The fraction of sp³-hybridized carbons (Fsp3) is 0.333. The fourth-order valence-corrected chi connectivity index (χ4v) is 0.973. The Morgan fingerprint density at radius 2 is 2.17 bits per heavy atom. The molecule has 3 heteroatoms. The number of aromatic nitrogens is 1. The molecule has 0 saturated heterocycles. The van der Waals surface area contributed by atoms with Crippen molar-refractivity contribution in [2.45, 2.75) is 13.3 Å². The molecule has 0 radical (unpaired) electrons. The molecule has 1 heterocycles. The highest BCUT2D eigenvalue weighted by Crippen LogP contribution is 2.05. The number of carbonyl (C=O) groups is 1. The van der Waals surface area contributed by atoms with Gasteiger partial charge in [-0.2, -0.15) is 0 Å². The van der Waals surface area contributed by atoms with Crippen LogP contribution in [0, 0.1) is 5.92 Å². The Kier molecular flexibility index (Phi) is 2.80. The first-order valence-electron chi connectivity index (χ1n) is 3.88. The molecule has 2 N–H and O–H groups in total. The van der Waals surface area contributed by atoms with E-state index in [-0.39, 0.29) is 11.8 Å². The lowest BCUT2D eigenvalue weighted by atomic mass is 10.0. The molecule has 0 spiro atoms. The highest BCUT2D eigenvalue weighted by Gasteiger charge is 2.08. The zero-order valence-corrected chi connectivity index (χ0v) is 7.03. The van der Waals surface area contributed by atoms with Crippen LogP contribution in [0.3, 0.4) is 0 Å². The lowest BCUT2D eigenvalue weighted by Crippen LogP contribution is -2.22. The zero-order valence-electron chi connectivity index (χ0n) is 7.03. The smallest absolute Gasteiger partial charge is 0.220 e. The first kappa shape index (κ1) is 8.71. The van der Waals surface area contributed by atoms with Crippen LogP contribution in [0.1, 0.15) is 12.5 Å². The Morgan fingerprint density at radius 1 is 1.58 bits per heavy atom. The third-order valence-corrected chi connectivity index (χ3v) is 1.78. The monoisotopic (exact) mass is 164 g/mol. The summed E-state index contributed by atoms with van der Waals surface area (Å²) in [6.45, 7) is 1.82. The molecule has 0 saturated carbocycles. The van der Waals surface area contributed by atoms with Crippen molar-refractivity contribution in [3.8, 4) is 0 Å². The molecule has 1 rings (SSSR count). The van der Waals surface area contributed by atoms with Crippen molar-refractivity contribution >= 4 is 5.91 Å². The fourth-order valence-electron chi connectivity index (χ4n) is 0.973. The molecule has 0 bridgehead atoms. The minimum atomic E-state index is -0.258. The van der Waals surface area contributed by atoms with Crippen LogP contribution in [-0.2, 0) is 11.2 Å². The van der Waals surface area contributed by atoms with Crippen molar-refractivity contribution in [3.05, 3.63) is 30.1 Å². The van der Waals surface area contributed by atoms with Crippen LogP contribution in [0.5, 0.6) is 0 Å². The van der Waals surface area contributed by atoms with Crippen LogP contribution < -0.4 is 5.73 Å². The van der Waals surface area contributed by atoms with E-state index in [1.807, 2.05) is 19.1 Å². The summed E-state index contributed by atoms with van der Waals surface area (Å²) in [5, 5.41) is 0. The summed E-state index contributed by atoms with van der Waals surface area (Å²) in [6, 6.07) is 3.78. The van der Waals surface area contributed by atoms with Crippen LogP contribution in [0.15, 0.2) is 24.5 Å². The first-order valence-corrected chi connectivity index (χ1v) is 3.88. The first-order chi connectivity index (χ1) is 5.70. The van der Waals surface area contributed by atoms with Gasteiger partial charge in [-0.3, -0.25) is 9.78 Å². The normalized spacial score (nSPS) is 12.4. The SMILES string of the molecule is CC(Cc1ccncc1)C(N)=O. The van der Waals surface area contributed by atoms with Crippen LogP contribution >= 0.6 is 0 Å². The summed E-state index contributed by atoms with van der Waals surface area (Å²) >= 11 is 0. The van der Waals surface area contributed by atoms with E-state index in [4.69, 9.17) is 5.73 Å². The molecule has 1 amide bonds. The predicted molar refractivity (Wildman–Crippen MR) is 46.3 cm³/mol. The molecule has 3 nitrogen and oxygen atoms in total. The minimum absolute atomic E-state index is 0.104. The lowest BCUT2D eigenvalue weighted by molar-refractivity contribution is -0.121. The Balaban J connectivity index is 2.58. The zero-order chi connectivity index (χ0) is 8.97. The van der Waals surface area contributed by atoms with Gasteiger partial charge in [0.1, 0.15) is 0 Å². The van der Waals surface area contributed by atoms with Crippen molar-refractivity contribution in [1.29, 1.82) is 0 Å². The Bertz CT molecular complexity index is 258. The van der Waals surface area contributed by atoms with Gasteiger partial charge in [-0.25, -0.2) is 0 Å². The molecule has 0 aliphatic carbocycles. The van der Waals surface area contributed by atoms with E-state index in [2.05, 4.69) is 4.98 Å². The molecule has 1 aromatic rings. The summed E-state index contributed by atoms with van der Waals surface area (Å²) in [6.07, 6.45) is 4.12. The van der Waals surface area contributed by atoms with Gasteiger partial charge in [0.15, 0.2) is 0 Å².